The summed E-state index contributed by atoms with van der Waals surface area (Å²) in [5, 5.41) is 50.3. The minimum absolute atomic E-state index is 0.0191. The molecule has 7 nitrogen and oxygen atoms in total. The Morgan fingerprint density at radius 3 is 2.28 bits per heavy atom. The maximum Gasteiger partial charge on any atom is 0.202 e. The monoisotopic (exact) mass is 394 g/mol. The van der Waals surface area contributed by atoms with Gasteiger partial charge in [-0.2, -0.15) is 0 Å². The zero-order valence-electron chi connectivity index (χ0n) is 15.1. The number of ketones is 1. The molecule has 1 aliphatic rings. The normalized spacial score (nSPS) is 18.2. The highest BCUT2D eigenvalue weighted by molar-refractivity contribution is 6.06. The third-order valence-electron chi connectivity index (χ3n) is 4.90. The molecule has 0 saturated carbocycles. The number of phenolic OH excluding ortho intramolecular Hbond substituents is 4. The van der Waals surface area contributed by atoms with Crippen molar-refractivity contribution in [1.29, 1.82) is 0 Å². The highest BCUT2D eigenvalue weighted by Crippen LogP contribution is 2.46. The molecule has 5 N–H and O–H groups in total. The van der Waals surface area contributed by atoms with Gasteiger partial charge < -0.3 is 30.3 Å². The molecule has 0 saturated heterocycles. The van der Waals surface area contributed by atoms with Gasteiger partial charge in [-0.05, 0) is 35.4 Å². The van der Waals surface area contributed by atoms with E-state index in [0.717, 1.165) is 6.07 Å². The van der Waals surface area contributed by atoms with Crippen molar-refractivity contribution in [3.63, 3.8) is 0 Å². The van der Waals surface area contributed by atoms with Crippen LogP contribution in [-0.2, 0) is 6.42 Å². The van der Waals surface area contributed by atoms with Crippen LogP contribution in [0.3, 0.4) is 0 Å². The van der Waals surface area contributed by atoms with Gasteiger partial charge in [0.25, 0.3) is 0 Å². The van der Waals surface area contributed by atoms with Crippen molar-refractivity contribution in [2.24, 2.45) is 0 Å². The highest BCUT2D eigenvalue weighted by Gasteiger charge is 2.40. The molecular weight excluding hydrogens is 376 g/mol. The summed E-state index contributed by atoms with van der Waals surface area (Å²) in [7, 11) is 0. The lowest BCUT2D eigenvalue weighted by Crippen LogP contribution is -2.36. The zero-order valence-corrected chi connectivity index (χ0v) is 15.1. The topological polar surface area (TPSA) is 127 Å². The van der Waals surface area contributed by atoms with Gasteiger partial charge in [-0.15, -0.1) is 0 Å². The van der Waals surface area contributed by atoms with E-state index >= 15 is 0 Å². The summed E-state index contributed by atoms with van der Waals surface area (Å²) >= 11 is 0. The van der Waals surface area contributed by atoms with Crippen LogP contribution in [0.15, 0.2) is 54.6 Å². The first-order valence-corrected chi connectivity index (χ1v) is 8.88. The van der Waals surface area contributed by atoms with E-state index in [1.165, 1.54) is 36.4 Å². The summed E-state index contributed by atoms with van der Waals surface area (Å²) in [6, 6.07) is 13.3. The smallest absolute Gasteiger partial charge is 0.202 e. The minimum Gasteiger partial charge on any atom is -0.508 e. The van der Waals surface area contributed by atoms with Crippen molar-refractivity contribution in [3.05, 3.63) is 76.9 Å². The zero-order chi connectivity index (χ0) is 20.7. The lowest BCUT2D eigenvalue weighted by Gasteiger charge is -2.32. The maximum absolute atomic E-state index is 12.8. The van der Waals surface area contributed by atoms with Crippen LogP contribution >= 0.6 is 0 Å². The van der Waals surface area contributed by atoms with E-state index in [9.17, 15) is 30.3 Å². The van der Waals surface area contributed by atoms with E-state index in [0.29, 0.717) is 11.1 Å². The number of fused-ring (bicyclic) bond motifs is 1. The van der Waals surface area contributed by atoms with Crippen molar-refractivity contribution in [3.8, 4) is 28.7 Å². The van der Waals surface area contributed by atoms with E-state index in [4.69, 9.17) is 4.74 Å². The van der Waals surface area contributed by atoms with Crippen molar-refractivity contribution in [2.45, 2.75) is 18.6 Å². The third-order valence-corrected chi connectivity index (χ3v) is 4.90. The average Bonchev–Trinajstić information content (AvgIpc) is 2.68. The summed E-state index contributed by atoms with van der Waals surface area (Å²) in [5.74, 6) is -1.48. The van der Waals surface area contributed by atoms with Crippen LogP contribution < -0.4 is 4.74 Å². The molecule has 0 radical (unpaired) electrons. The predicted octanol–water partition coefficient (Wildman–Crippen LogP) is 2.78. The molecule has 148 valence electrons. The summed E-state index contributed by atoms with van der Waals surface area (Å²) in [6.45, 7) is 0. The van der Waals surface area contributed by atoms with E-state index in [-0.39, 0.29) is 40.5 Å². The van der Waals surface area contributed by atoms with Crippen LogP contribution in [0.4, 0.5) is 0 Å². The number of aromatic hydroxyl groups is 4. The van der Waals surface area contributed by atoms with Crippen LogP contribution in [-0.4, -0.2) is 37.4 Å². The second-order valence-electron chi connectivity index (χ2n) is 6.88. The van der Waals surface area contributed by atoms with Gasteiger partial charge in [0.1, 0.15) is 34.3 Å². The third kappa shape index (κ3) is 3.32. The van der Waals surface area contributed by atoms with Crippen LogP contribution in [0.25, 0.3) is 0 Å². The molecule has 3 aromatic carbocycles. The number of hydrogen-bond donors (Lipinski definition) is 5. The first kappa shape index (κ1) is 18.6. The number of aliphatic hydroxyl groups is 1. The molecule has 0 aliphatic carbocycles. The number of ether oxygens (including phenoxy) is 1. The first-order valence-electron chi connectivity index (χ1n) is 8.88. The molecule has 0 bridgehead atoms. The first-order chi connectivity index (χ1) is 13.8. The average molecular weight is 394 g/mol. The van der Waals surface area contributed by atoms with E-state index in [1.807, 2.05) is 0 Å². The quantitative estimate of drug-likeness (QED) is 0.462. The van der Waals surface area contributed by atoms with Crippen LogP contribution in [0, 0.1) is 0 Å². The molecule has 1 aliphatic heterocycles. The lowest BCUT2D eigenvalue weighted by molar-refractivity contribution is 0.0206. The van der Waals surface area contributed by atoms with Gasteiger partial charge in [0.05, 0.1) is 0 Å². The fourth-order valence-electron chi connectivity index (χ4n) is 3.47. The Morgan fingerprint density at radius 2 is 1.59 bits per heavy atom. The number of hydrogen-bond acceptors (Lipinski definition) is 7. The number of carbonyl (C=O) groups is 1. The molecule has 2 atom stereocenters. The standard InChI is InChI=1S/C22H18O7/c23-13-6-4-12(5-7-13)21-20(28)19(27)18-17(26)10-16(25)15(22(18)29-21)9-11-2-1-3-14(24)8-11/h1-8,10,20-21,23-26,28H,9H2/t20-,21+/m1/s1. The Labute approximate surface area is 165 Å². The van der Waals surface area contributed by atoms with Crippen molar-refractivity contribution < 1.29 is 35.1 Å². The number of carbonyl (C=O) groups excluding carboxylic acids is 1. The molecule has 0 unspecified atom stereocenters. The van der Waals surface area contributed by atoms with Crippen molar-refractivity contribution in [2.75, 3.05) is 0 Å². The van der Waals surface area contributed by atoms with E-state index in [2.05, 4.69) is 0 Å². The van der Waals surface area contributed by atoms with Gasteiger partial charge in [-0.1, -0.05) is 24.3 Å². The second kappa shape index (κ2) is 7.03. The summed E-state index contributed by atoms with van der Waals surface area (Å²) in [4.78, 5) is 12.8. The molecule has 7 heteroatoms. The van der Waals surface area contributed by atoms with Crippen LogP contribution in [0.1, 0.15) is 33.2 Å². The molecule has 0 aromatic heterocycles. The molecule has 0 spiro atoms. The van der Waals surface area contributed by atoms with Crippen LogP contribution in [0.2, 0.25) is 0 Å². The molecule has 29 heavy (non-hydrogen) atoms. The molecule has 1 heterocycles. The van der Waals surface area contributed by atoms with Gasteiger partial charge in [0, 0.05) is 18.1 Å². The highest BCUT2D eigenvalue weighted by atomic mass is 16.5. The van der Waals surface area contributed by atoms with E-state index < -0.39 is 23.7 Å². The molecule has 0 fully saturated rings. The van der Waals surface area contributed by atoms with Gasteiger partial charge in [0.15, 0.2) is 12.2 Å². The number of rotatable bonds is 3. The SMILES string of the molecule is O=C1c2c(O)cc(O)c(Cc3cccc(O)c3)c2O[C@@H](c2ccc(O)cc2)[C@@H]1O. The second-order valence-corrected chi connectivity index (χ2v) is 6.88. The molecule has 3 aromatic rings. The Morgan fingerprint density at radius 1 is 0.862 bits per heavy atom. The largest absolute Gasteiger partial charge is 0.508 e. The summed E-state index contributed by atoms with van der Waals surface area (Å²) < 4.78 is 5.90. The van der Waals surface area contributed by atoms with Crippen molar-refractivity contribution in [1.82, 2.24) is 0 Å². The Bertz CT molecular complexity index is 1090. The van der Waals surface area contributed by atoms with Gasteiger partial charge in [-0.25, -0.2) is 0 Å². The Hall–Kier alpha value is -3.71. The molecule has 0 amide bonds. The maximum atomic E-state index is 12.8. The number of Topliss-reactive ketones (excluding diaryl/α,β-unsaturated/α-hetero) is 1. The number of benzene rings is 3. The lowest BCUT2D eigenvalue weighted by atomic mass is 9.89. The summed E-state index contributed by atoms with van der Waals surface area (Å²) in [5.41, 5.74) is 1.13. The van der Waals surface area contributed by atoms with E-state index in [1.54, 1.807) is 12.1 Å². The number of aliphatic hydroxyl groups excluding tert-OH is 1. The fourth-order valence-corrected chi connectivity index (χ4v) is 3.47. The Balaban J connectivity index is 1.82. The molecule has 4 rings (SSSR count). The van der Waals surface area contributed by atoms with Gasteiger partial charge in [0.2, 0.25) is 5.78 Å². The fraction of sp³-hybridized carbons (Fsp3) is 0.136. The minimum atomic E-state index is -1.57. The summed E-state index contributed by atoms with van der Waals surface area (Å²) in [6.07, 6.45) is -2.54. The Kier molecular flexibility index (Phi) is 4.52. The van der Waals surface area contributed by atoms with Crippen molar-refractivity contribution >= 4 is 5.78 Å². The number of phenols is 4. The van der Waals surface area contributed by atoms with Crippen LogP contribution in [0.5, 0.6) is 28.7 Å². The van der Waals surface area contributed by atoms with Gasteiger partial charge in [-0.3, -0.25) is 4.79 Å². The molecular formula is C22H18O7. The predicted molar refractivity (Wildman–Crippen MR) is 102 cm³/mol. The van der Waals surface area contributed by atoms with Gasteiger partial charge >= 0.3 is 0 Å².